The summed E-state index contributed by atoms with van der Waals surface area (Å²) in [6, 6.07) is 6.97. The molecule has 0 aliphatic heterocycles. The fourth-order valence-electron chi connectivity index (χ4n) is 2.27. The van der Waals surface area contributed by atoms with Crippen LogP contribution in [0.5, 0.6) is 0 Å². The Kier molecular flexibility index (Phi) is 5.90. The highest BCUT2D eigenvalue weighted by Gasteiger charge is 2.28. The van der Waals surface area contributed by atoms with Crippen LogP contribution in [0.2, 0.25) is 0 Å². The normalized spacial score (nSPS) is 12.7. The summed E-state index contributed by atoms with van der Waals surface area (Å²) in [6.45, 7) is 7.77. The van der Waals surface area contributed by atoms with Crippen LogP contribution in [-0.2, 0) is 10.0 Å². The second-order valence-corrected chi connectivity index (χ2v) is 8.99. The Morgan fingerprint density at radius 3 is 2.52 bits per heavy atom. The lowest BCUT2D eigenvalue weighted by Gasteiger charge is -2.21. The van der Waals surface area contributed by atoms with Crippen molar-refractivity contribution in [3.8, 4) is 0 Å². The molecule has 0 aliphatic rings. The Morgan fingerprint density at radius 1 is 1.24 bits per heavy atom. The van der Waals surface area contributed by atoms with Gasteiger partial charge in [0.15, 0.2) is 0 Å². The number of amides is 1. The molecule has 0 bridgehead atoms. The summed E-state index contributed by atoms with van der Waals surface area (Å²) >= 11 is 1.14. The number of rotatable bonds is 6. The first-order valence-electron chi connectivity index (χ1n) is 8.13. The zero-order chi connectivity index (χ0) is 18.8. The number of thiophene rings is 1. The largest absolute Gasteiger partial charge is 0.349 e. The minimum atomic E-state index is -3.81. The average molecular weight is 381 g/mol. The van der Waals surface area contributed by atoms with Crippen molar-refractivity contribution in [1.82, 2.24) is 5.32 Å². The van der Waals surface area contributed by atoms with E-state index < -0.39 is 10.0 Å². The first-order chi connectivity index (χ1) is 11.7. The number of sulfonamides is 1. The van der Waals surface area contributed by atoms with E-state index in [4.69, 9.17) is 0 Å². The predicted octanol–water partition coefficient (Wildman–Crippen LogP) is 3.72. The molecule has 0 saturated heterocycles. The fourth-order valence-corrected chi connectivity index (χ4v) is 4.76. The van der Waals surface area contributed by atoms with Gasteiger partial charge in [0.25, 0.3) is 15.9 Å². The standard InChI is InChI=1S/C18H24N2O3S2/c1-6-14(4)19-18(21)17-16(9-10-24-17)25(22,23)20(5)15-8-7-12(2)13(3)11-15/h7-11,14H,6H2,1-5H3,(H,19,21)/t14-/m0/s1. The molecule has 1 atom stereocenters. The van der Waals surface area contributed by atoms with Gasteiger partial charge in [-0.1, -0.05) is 13.0 Å². The van der Waals surface area contributed by atoms with E-state index in [0.717, 1.165) is 28.9 Å². The second-order valence-electron chi connectivity index (χ2n) is 6.14. The lowest BCUT2D eigenvalue weighted by Crippen LogP contribution is -2.33. The first-order valence-corrected chi connectivity index (χ1v) is 10.4. The van der Waals surface area contributed by atoms with E-state index in [9.17, 15) is 13.2 Å². The molecular weight excluding hydrogens is 356 g/mol. The molecule has 136 valence electrons. The minimum absolute atomic E-state index is 0.0115. The molecule has 0 unspecified atom stereocenters. The van der Waals surface area contributed by atoms with Gasteiger partial charge < -0.3 is 5.32 Å². The van der Waals surface area contributed by atoms with Crippen LogP contribution in [0.3, 0.4) is 0 Å². The molecule has 2 aromatic rings. The highest BCUT2D eigenvalue weighted by Crippen LogP contribution is 2.29. The van der Waals surface area contributed by atoms with E-state index in [0.29, 0.717) is 5.69 Å². The zero-order valence-electron chi connectivity index (χ0n) is 15.2. The molecule has 0 radical (unpaired) electrons. The van der Waals surface area contributed by atoms with Gasteiger partial charge in [-0.15, -0.1) is 11.3 Å². The quantitative estimate of drug-likeness (QED) is 0.830. The van der Waals surface area contributed by atoms with E-state index >= 15 is 0 Å². The second kappa shape index (κ2) is 7.58. The molecule has 1 amide bonds. The maximum Gasteiger partial charge on any atom is 0.265 e. The van der Waals surface area contributed by atoms with Crippen LogP contribution in [0.4, 0.5) is 5.69 Å². The van der Waals surface area contributed by atoms with Crippen LogP contribution < -0.4 is 9.62 Å². The van der Waals surface area contributed by atoms with Crippen molar-refractivity contribution >= 4 is 33.0 Å². The monoisotopic (exact) mass is 380 g/mol. The van der Waals surface area contributed by atoms with Gasteiger partial charge in [0.1, 0.15) is 9.77 Å². The summed E-state index contributed by atoms with van der Waals surface area (Å²) in [7, 11) is -2.31. The molecule has 25 heavy (non-hydrogen) atoms. The van der Waals surface area contributed by atoms with E-state index in [1.807, 2.05) is 39.8 Å². The number of nitrogens with one attached hydrogen (secondary N) is 1. The maximum absolute atomic E-state index is 13.0. The van der Waals surface area contributed by atoms with Crippen molar-refractivity contribution in [2.45, 2.75) is 45.1 Å². The van der Waals surface area contributed by atoms with E-state index in [2.05, 4.69) is 5.32 Å². The smallest absolute Gasteiger partial charge is 0.265 e. The number of hydrogen-bond acceptors (Lipinski definition) is 4. The molecular formula is C18H24N2O3S2. The molecule has 0 saturated carbocycles. The summed E-state index contributed by atoms with van der Waals surface area (Å²) < 4.78 is 27.3. The van der Waals surface area contributed by atoms with Crippen molar-refractivity contribution in [3.63, 3.8) is 0 Å². The SMILES string of the molecule is CC[C@H](C)NC(=O)c1sccc1S(=O)(=O)N(C)c1ccc(C)c(C)c1. The third-order valence-corrected chi connectivity index (χ3v) is 7.19. The number of nitrogens with zero attached hydrogens (tertiary/aromatic N) is 1. The van der Waals surface area contributed by atoms with Crippen LogP contribution in [0, 0.1) is 13.8 Å². The summed E-state index contributed by atoms with van der Waals surface area (Å²) in [6.07, 6.45) is 0.780. The van der Waals surface area contributed by atoms with Crippen LogP contribution in [0.25, 0.3) is 0 Å². The number of aryl methyl sites for hydroxylation is 2. The van der Waals surface area contributed by atoms with Gasteiger partial charge in [-0.05, 0) is 61.9 Å². The highest BCUT2D eigenvalue weighted by molar-refractivity contribution is 7.93. The molecule has 0 spiro atoms. The summed E-state index contributed by atoms with van der Waals surface area (Å²) in [4.78, 5) is 12.7. The van der Waals surface area contributed by atoms with E-state index in [-0.39, 0.29) is 21.7 Å². The van der Waals surface area contributed by atoms with Crippen molar-refractivity contribution in [3.05, 3.63) is 45.6 Å². The molecule has 1 aromatic heterocycles. The predicted molar refractivity (Wildman–Crippen MR) is 103 cm³/mol. The highest BCUT2D eigenvalue weighted by atomic mass is 32.2. The molecule has 7 heteroatoms. The fraction of sp³-hybridized carbons (Fsp3) is 0.389. The third kappa shape index (κ3) is 4.04. The zero-order valence-corrected chi connectivity index (χ0v) is 16.8. The summed E-state index contributed by atoms with van der Waals surface area (Å²) in [5, 5.41) is 4.46. The van der Waals surface area contributed by atoms with E-state index in [1.165, 1.54) is 17.4 Å². The molecule has 2 rings (SSSR count). The Bertz CT molecular complexity index is 872. The Labute approximate surface area is 153 Å². The number of carbonyl (C=O) groups excluding carboxylic acids is 1. The summed E-state index contributed by atoms with van der Waals surface area (Å²) in [5.41, 5.74) is 2.68. The molecule has 1 N–H and O–H groups in total. The lowest BCUT2D eigenvalue weighted by molar-refractivity contribution is 0.0940. The lowest BCUT2D eigenvalue weighted by atomic mass is 10.1. The Hall–Kier alpha value is -1.86. The summed E-state index contributed by atoms with van der Waals surface area (Å²) in [5.74, 6) is -0.351. The third-order valence-electron chi connectivity index (χ3n) is 4.32. The van der Waals surface area contributed by atoms with Gasteiger partial charge in [0, 0.05) is 13.1 Å². The van der Waals surface area contributed by atoms with Crippen molar-refractivity contribution in [2.24, 2.45) is 0 Å². The van der Waals surface area contributed by atoms with E-state index in [1.54, 1.807) is 11.4 Å². The molecule has 0 fully saturated rings. The van der Waals surface area contributed by atoms with Gasteiger partial charge in [-0.3, -0.25) is 9.10 Å². The van der Waals surface area contributed by atoms with Crippen LogP contribution in [0.15, 0.2) is 34.5 Å². The van der Waals surface area contributed by atoms with Crippen LogP contribution in [-0.4, -0.2) is 27.4 Å². The van der Waals surface area contributed by atoms with Gasteiger partial charge in [-0.25, -0.2) is 8.42 Å². The molecule has 5 nitrogen and oxygen atoms in total. The molecule has 1 aromatic carbocycles. The maximum atomic E-state index is 13.0. The number of carbonyl (C=O) groups is 1. The van der Waals surface area contributed by atoms with Crippen molar-refractivity contribution in [2.75, 3.05) is 11.4 Å². The van der Waals surface area contributed by atoms with Gasteiger partial charge in [0.05, 0.1) is 5.69 Å². The first kappa shape index (κ1) is 19.5. The van der Waals surface area contributed by atoms with Crippen LogP contribution in [0.1, 0.15) is 41.1 Å². The van der Waals surface area contributed by atoms with Gasteiger partial charge in [0.2, 0.25) is 0 Å². The van der Waals surface area contributed by atoms with Crippen LogP contribution >= 0.6 is 11.3 Å². The molecule has 0 aliphatic carbocycles. The average Bonchev–Trinajstić information content (AvgIpc) is 3.07. The minimum Gasteiger partial charge on any atom is -0.349 e. The van der Waals surface area contributed by atoms with Crippen molar-refractivity contribution < 1.29 is 13.2 Å². The Morgan fingerprint density at radius 2 is 1.92 bits per heavy atom. The van der Waals surface area contributed by atoms with Gasteiger partial charge in [-0.2, -0.15) is 0 Å². The number of hydrogen-bond donors (Lipinski definition) is 1. The number of anilines is 1. The topological polar surface area (TPSA) is 66.5 Å². The number of benzene rings is 1. The van der Waals surface area contributed by atoms with Gasteiger partial charge >= 0.3 is 0 Å². The Balaban J connectivity index is 2.38. The molecule has 1 heterocycles. The van der Waals surface area contributed by atoms with Crippen molar-refractivity contribution in [1.29, 1.82) is 0 Å².